The van der Waals surface area contributed by atoms with E-state index in [1.807, 2.05) is 50.2 Å². The molecule has 2 amide bonds. The third kappa shape index (κ3) is 2.53. The van der Waals surface area contributed by atoms with Crippen molar-refractivity contribution in [2.24, 2.45) is 0 Å². The van der Waals surface area contributed by atoms with E-state index in [9.17, 15) is 4.79 Å². The van der Waals surface area contributed by atoms with Crippen molar-refractivity contribution >= 4 is 11.7 Å². The van der Waals surface area contributed by atoms with Crippen LogP contribution in [0.1, 0.15) is 31.9 Å². The van der Waals surface area contributed by atoms with Crippen LogP contribution in [-0.4, -0.2) is 31.6 Å². The van der Waals surface area contributed by atoms with Gasteiger partial charge in [0.1, 0.15) is 13.2 Å². The van der Waals surface area contributed by atoms with Crippen molar-refractivity contribution in [1.29, 1.82) is 0 Å². The number of anilines is 1. The Morgan fingerprint density at radius 3 is 2.86 bits per heavy atom. The first-order chi connectivity index (χ1) is 13.6. The fourth-order valence-corrected chi connectivity index (χ4v) is 4.19. The number of rotatable bonds is 3. The number of amides is 2. The first-order valence-corrected chi connectivity index (χ1v) is 9.54. The van der Waals surface area contributed by atoms with Crippen molar-refractivity contribution in [3.8, 4) is 23.0 Å². The van der Waals surface area contributed by atoms with Crippen LogP contribution >= 0.6 is 0 Å². The second-order valence-corrected chi connectivity index (χ2v) is 7.25. The molecule has 1 N–H and O–H groups in total. The standard InChI is InChI=1S/C21H22N2O5/c1-3-25-17-6-4-5-14-15-12-21(2,28-19(14)17)23(20(24)22-15)13-7-8-16-18(11-13)27-10-9-26-16/h4-8,11,15H,3,9-10,12H2,1-2H3,(H,22,24). The maximum Gasteiger partial charge on any atom is 0.325 e. The smallest absolute Gasteiger partial charge is 0.325 e. The Hall–Kier alpha value is -3.09. The van der Waals surface area contributed by atoms with Gasteiger partial charge in [0.2, 0.25) is 0 Å². The van der Waals surface area contributed by atoms with Gasteiger partial charge in [-0.3, -0.25) is 4.90 Å². The third-order valence-electron chi connectivity index (χ3n) is 5.35. The van der Waals surface area contributed by atoms with E-state index < -0.39 is 5.72 Å². The molecule has 0 saturated carbocycles. The number of para-hydroxylation sites is 1. The molecule has 0 aliphatic carbocycles. The molecule has 3 aliphatic heterocycles. The number of hydrogen-bond donors (Lipinski definition) is 1. The second-order valence-electron chi connectivity index (χ2n) is 7.25. The molecular formula is C21H22N2O5. The lowest BCUT2D eigenvalue weighted by molar-refractivity contribution is 0.0342. The van der Waals surface area contributed by atoms with Crippen LogP contribution < -0.4 is 29.2 Å². The topological polar surface area (TPSA) is 69.3 Å². The molecule has 146 valence electrons. The van der Waals surface area contributed by atoms with Crippen LogP contribution in [0.4, 0.5) is 10.5 Å². The number of hydrogen-bond acceptors (Lipinski definition) is 5. The summed E-state index contributed by atoms with van der Waals surface area (Å²) in [7, 11) is 0. The molecule has 2 aromatic carbocycles. The van der Waals surface area contributed by atoms with Crippen LogP contribution in [0.2, 0.25) is 0 Å². The van der Waals surface area contributed by atoms with Gasteiger partial charge in [-0.2, -0.15) is 0 Å². The van der Waals surface area contributed by atoms with Gasteiger partial charge in [0, 0.05) is 18.1 Å². The Labute approximate surface area is 163 Å². The number of nitrogens with one attached hydrogen (secondary N) is 1. The monoisotopic (exact) mass is 382 g/mol. The molecule has 7 nitrogen and oxygen atoms in total. The molecule has 3 aliphatic rings. The Bertz CT molecular complexity index is 946. The molecular weight excluding hydrogens is 360 g/mol. The predicted molar refractivity (Wildman–Crippen MR) is 102 cm³/mol. The van der Waals surface area contributed by atoms with Crippen molar-refractivity contribution in [3.05, 3.63) is 42.0 Å². The summed E-state index contributed by atoms with van der Waals surface area (Å²) in [6, 6.07) is 11.0. The second kappa shape index (κ2) is 6.22. The zero-order valence-electron chi connectivity index (χ0n) is 15.9. The van der Waals surface area contributed by atoms with Crippen molar-refractivity contribution in [3.63, 3.8) is 0 Å². The van der Waals surface area contributed by atoms with Crippen LogP contribution in [0.3, 0.4) is 0 Å². The average molecular weight is 382 g/mol. The van der Waals surface area contributed by atoms with E-state index in [4.69, 9.17) is 18.9 Å². The van der Waals surface area contributed by atoms with Crippen LogP contribution in [0.15, 0.2) is 36.4 Å². The van der Waals surface area contributed by atoms with Crippen LogP contribution in [0.5, 0.6) is 23.0 Å². The summed E-state index contributed by atoms with van der Waals surface area (Å²) < 4.78 is 23.5. The fourth-order valence-electron chi connectivity index (χ4n) is 4.19. The largest absolute Gasteiger partial charge is 0.490 e. The number of carbonyl (C=O) groups excluding carboxylic acids is 1. The van der Waals surface area contributed by atoms with E-state index in [2.05, 4.69) is 5.32 Å². The average Bonchev–Trinajstić information content (AvgIpc) is 2.68. The molecule has 2 atom stereocenters. The van der Waals surface area contributed by atoms with Gasteiger partial charge in [0.15, 0.2) is 28.7 Å². The highest BCUT2D eigenvalue weighted by molar-refractivity contribution is 5.95. The minimum atomic E-state index is -0.850. The molecule has 0 spiro atoms. The van der Waals surface area contributed by atoms with Crippen molar-refractivity contribution in [1.82, 2.24) is 5.32 Å². The molecule has 0 radical (unpaired) electrons. The van der Waals surface area contributed by atoms with Gasteiger partial charge in [-0.25, -0.2) is 4.79 Å². The molecule has 2 aromatic rings. The number of ether oxygens (including phenoxy) is 4. The summed E-state index contributed by atoms with van der Waals surface area (Å²) in [5, 5.41) is 3.11. The Kier molecular flexibility index (Phi) is 3.79. The Balaban J connectivity index is 1.57. The third-order valence-corrected chi connectivity index (χ3v) is 5.35. The quantitative estimate of drug-likeness (QED) is 0.878. The first-order valence-electron chi connectivity index (χ1n) is 9.54. The molecule has 3 heterocycles. The summed E-state index contributed by atoms with van der Waals surface area (Å²) in [6.07, 6.45) is 0.621. The lowest BCUT2D eigenvalue weighted by Crippen LogP contribution is -2.65. The lowest BCUT2D eigenvalue weighted by Gasteiger charge is -2.50. The summed E-state index contributed by atoms with van der Waals surface area (Å²) in [6.45, 7) is 5.42. The molecule has 7 heteroatoms. The van der Waals surface area contributed by atoms with Crippen LogP contribution in [-0.2, 0) is 0 Å². The highest BCUT2D eigenvalue weighted by Gasteiger charge is 2.50. The molecule has 2 unspecified atom stereocenters. The first kappa shape index (κ1) is 17.0. The summed E-state index contributed by atoms with van der Waals surface area (Å²) in [5.41, 5.74) is 0.787. The maximum atomic E-state index is 13.0. The number of fused-ring (bicyclic) bond motifs is 5. The van der Waals surface area contributed by atoms with Gasteiger partial charge in [-0.15, -0.1) is 0 Å². The Morgan fingerprint density at radius 2 is 2.04 bits per heavy atom. The number of carbonyl (C=O) groups is 1. The SMILES string of the molecule is CCOc1cccc2c1OC1(C)CC2NC(=O)N1c1ccc2c(c1)OCCO2. The van der Waals surface area contributed by atoms with Gasteiger partial charge in [-0.1, -0.05) is 12.1 Å². The van der Waals surface area contributed by atoms with Crippen molar-refractivity contribution < 1.29 is 23.7 Å². The van der Waals surface area contributed by atoms with Crippen LogP contribution in [0, 0.1) is 0 Å². The maximum absolute atomic E-state index is 13.0. The fraction of sp³-hybridized carbons (Fsp3) is 0.381. The van der Waals surface area contributed by atoms with Crippen molar-refractivity contribution in [2.75, 3.05) is 24.7 Å². The number of nitrogens with zero attached hydrogens (tertiary/aromatic N) is 1. The summed E-state index contributed by atoms with van der Waals surface area (Å²) in [5.74, 6) is 2.69. The Morgan fingerprint density at radius 1 is 1.21 bits per heavy atom. The predicted octanol–water partition coefficient (Wildman–Crippen LogP) is 3.63. The summed E-state index contributed by atoms with van der Waals surface area (Å²) >= 11 is 0. The highest BCUT2D eigenvalue weighted by atomic mass is 16.6. The van der Waals surface area contributed by atoms with E-state index in [0.29, 0.717) is 54.9 Å². The van der Waals surface area contributed by atoms with Crippen molar-refractivity contribution in [2.45, 2.75) is 32.0 Å². The van der Waals surface area contributed by atoms with Gasteiger partial charge in [0.05, 0.1) is 18.3 Å². The number of benzene rings is 2. The van der Waals surface area contributed by atoms with E-state index in [1.54, 1.807) is 4.90 Å². The molecule has 2 bridgehead atoms. The van der Waals surface area contributed by atoms with Gasteiger partial charge >= 0.3 is 6.03 Å². The normalized spacial score (nSPS) is 24.7. The molecule has 28 heavy (non-hydrogen) atoms. The van der Waals surface area contributed by atoms with E-state index in [0.717, 1.165) is 5.56 Å². The molecule has 1 saturated heterocycles. The minimum Gasteiger partial charge on any atom is -0.490 e. The zero-order valence-corrected chi connectivity index (χ0v) is 15.9. The van der Waals surface area contributed by atoms with E-state index in [1.165, 1.54) is 0 Å². The van der Waals surface area contributed by atoms with E-state index >= 15 is 0 Å². The van der Waals surface area contributed by atoms with Crippen LogP contribution in [0.25, 0.3) is 0 Å². The highest BCUT2D eigenvalue weighted by Crippen LogP contribution is 2.49. The minimum absolute atomic E-state index is 0.130. The van der Waals surface area contributed by atoms with E-state index in [-0.39, 0.29) is 12.1 Å². The molecule has 5 rings (SSSR count). The molecule has 1 fully saturated rings. The molecule has 0 aromatic heterocycles. The zero-order chi connectivity index (χ0) is 19.3. The van der Waals surface area contributed by atoms with Gasteiger partial charge in [0.25, 0.3) is 0 Å². The lowest BCUT2D eigenvalue weighted by atomic mass is 9.90. The number of urea groups is 1. The van der Waals surface area contributed by atoms with Gasteiger partial charge < -0.3 is 24.3 Å². The van der Waals surface area contributed by atoms with Gasteiger partial charge in [-0.05, 0) is 32.0 Å². The summed E-state index contributed by atoms with van der Waals surface area (Å²) in [4.78, 5) is 14.7.